The zero-order valence-electron chi connectivity index (χ0n) is 14.6. The Morgan fingerprint density at radius 1 is 1.15 bits per heavy atom. The van der Waals surface area contributed by atoms with Crippen molar-refractivity contribution in [2.45, 2.75) is 13.2 Å². The minimum absolute atomic E-state index is 0.282. The molecule has 27 heavy (non-hydrogen) atoms. The highest BCUT2D eigenvalue weighted by Crippen LogP contribution is 2.41. The van der Waals surface area contributed by atoms with Gasteiger partial charge in [0.2, 0.25) is 0 Å². The van der Waals surface area contributed by atoms with Crippen molar-refractivity contribution in [3.63, 3.8) is 0 Å². The van der Waals surface area contributed by atoms with E-state index in [9.17, 15) is 9.18 Å². The summed E-state index contributed by atoms with van der Waals surface area (Å²) in [6.07, 6.45) is 0. The van der Waals surface area contributed by atoms with E-state index in [1.807, 2.05) is 12.1 Å². The summed E-state index contributed by atoms with van der Waals surface area (Å²) in [6, 6.07) is 8.16. The van der Waals surface area contributed by atoms with Gasteiger partial charge in [0.15, 0.2) is 0 Å². The van der Waals surface area contributed by atoms with E-state index in [0.717, 1.165) is 49.8 Å². The fourth-order valence-corrected chi connectivity index (χ4v) is 3.73. The van der Waals surface area contributed by atoms with Crippen molar-refractivity contribution in [2.75, 3.05) is 31.6 Å². The van der Waals surface area contributed by atoms with Crippen molar-refractivity contribution >= 4 is 22.9 Å². The van der Waals surface area contributed by atoms with Crippen molar-refractivity contribution in [2.24, 2.45) is 0 Å². The second-order valence-electron chi connectivity index (χ2n) is 6.82. The summed E-state index contributed by atoms with van der Waals surface area (Å²) < 4.78 is 24.9. The monoisotopic (exact) mass is 367 g/mol. The molecule has 3 aliphatic heterocycles. The number of nitrogens with one attached hydrogen (secondary N) is 1. The van der Waals surface area contributed by atoms with Crippen LogP contribution in [0.15, 0.2) is 30.3 Å². The Morgan fingerprint density at radius 2 is 2.00 bits per heavy atom. The zero-order chi connectivity index (χ0) is 18.4. The molecule has 0 atom stereocenters. The van der Waals surface area contributed by atoms with Crippen LogP contribution in [0.4, 0.5) is 10.1 Å². The lowest BCUT2D eigenvalue weighted by atomic mass is 10.0. The molecule has 1 saturated heterocycles. The average Bonchev–Trinajstić information content (AvgIpc) is 3.21. The third kappa shape index (κ3) is 2.89. The molecule has 1 N–H and O–H groups in total. The van der Waals surface area contributed by atoms with E-state index in [4.69, 9.17) is 14.5 Å². The molecule has 1 aromatic heterocycles. The SMILES string of the molecule is O=C1Nc2ccc(F)cc2/C1=C1/OCc2nc(CN3CCOCC3)ccc21. The quantitative estimate of drug-likeness (QED) is 0.826. The lowest BCUT2D eigenvalue weighted by molar-refractivity contribution is -0.110. The number of rotatable bonds is 2. The third-order valence-corrected chi connectivity index (χ3v) is 5.07. The Labute approximate surface area is 155 Å². The maximum Gasteiger partial charge on any atom is 0.260 e. The van der Waals surface area contributed by atoms with Gasteiger partial charge in [-0.3, -0.25) is 14.7 Å². The summed E-state index contributed by atoms with van der Waals surface area (Å²) in [5.41, 5.74) is 4.06. The Morgan fingerprint density at radius 3 is 2.85 bits per heavy atom. The number of carbonyl (C=O) groups is 1. The molecule has 1 amide bonds. The maximum absolute atomic E-state index is 13.7. The summed E-state index contributed by atoms with van der Waals surface area (Å²) in [5.74, 6) is -0.200. The molecule has 2 aromatic rings. The van der Waals surface area contributed by atoms with Gasteiger partial charge in [0.25, 0.3) is 5.91 Å². The largest absolute Gasteiger partial charge is 0.486 e. The normalized spacial score (nSPS) is 21.6. The molecular formula is C20H18FN3O3. The van der Waals surface area contributed by atoms with Crippen molar-refractivity contribution in [1.82, 2.24) is 9.88 Å². The Balaban J connectivity index is 1.49. The second kappa shape index (κ2) is 6.44. The molecule has 1 aromatic carbocycles. The number of pyridine rings is 1. The lowest BCUT2D eigenvalue weighted by Gasteiger charge is -2.26. The molecule has 138 valence electrons. The zero-order valence-corrected chi connectivity index (χ0v) is 14.6. The average molecular weight is 367 g/mol. The minimum Gasteiger partial charge on any atom is -0.486 e. The van der Waals surface area contributed by atoms with Gasteiger partial charge in [-0.05, 0) is 30.3 Å². The molecule has 0 spiro atoms. The third-order valence-electron chi connectivity index (χ3n) is 5.07. The fourth-order valence-electron chi connectivity index (χ4n) is 3.73. The predicted molar refractivity (Wildman–Crippen MR) is 97.0 cm³/mol. The van der Waals surface area contributed by atoms with Crippen LogP contribution in [-0.2, 0) is 27.4 Å². The number of hydrogen-bond donors (Lipinski definition) is 1. The molecule has 6 nitrogen and oxygen atoms in total. The first-order chi connectivity index (χ1) is 13.2. The summed E-state index contributed by atoms with van der Waals surface area (Å²) in [6.45, 7) is 4.35. The topological polar surface area (TPSA) is 63.7 Å². The number of halogens is 1. The first-order valence-corrected chi connectivity index (χ1v) is 8.96. The molecule has 0 bridgehead atoms. The van der Waals surface area contributed by atoms with E-state index < -0.39 is 0 Å². The van der Waals surface area contributed by atoms with Crippen molar-refractivity contribution in [3.05, 3.63) is 58.7 Å². The van der Waals surface area contributed by atoms with Gasteiger partial charge < -0.3 is 14.8 Å². The lowest BCUT2D eigenvalue weighted by Crippen LogP contribution is -2.35. The number of amides is 1. The highest BCUT2D eigenvalue weighted by Gasteiger charge is 2.33. The van der Waals surface area contributed by atoms with Crippen molar-refractivity contribution in [3.8, 4) is 0 Å². The van der Waals surface area contributed by atoms with E-state index in [2.05, 4.69) is 10.2 Å². The van der Waals surface area contributed by atoms with Crippen LogP contribution in [0.25, 0.3) is 11.3 Å². The van der Waals surface area contributed by atoms with E-state index in [1.54, 1.807) is 6.07 Å². The molecule has 3 aliphatic rings. The van der Waals surface area contributed by atoms with Crippen LogP contribution in [0.2, 0.25) is 0 Å². The van der Waals surface area contributed by atoms with E-state index >= 15 is 0 Å². The molecule has 0 unspecified atom stereocenters. The van der Waals surface area contributed by atoms with Crippen LogP contribution < -0.4 is 5.32 Å². The van der Waals surface area contributed by atoms with Gasteiger partial charge in [-0.1, -0.05) is 0 Å². The molecule has 5 rings (SSSR count). The number of morpholine rings is 1. The minimum atomic E-state index is -0.388. The van der Waals surface area contributed by atoms with Crippen LogP contribution in [-0.4, -0.2) is 42.1 Å². The van der Waals surface area contributed by atoms with E-state index in [1.165, 1.54) is 12.1 Å². The van der Waals surface area contributed by atoms with Crippen LogP contribution in [0, 0.1) is 5.82 Å². The number of nitrogens with zero attached hydrogens (tertiary/aromatic N) is 2. The van der Waals surface area contributed by atoms with Gasteiger partial charge in [0, 0.05) is 36.4 Å². The molecule has 0 saturated carbocycles. The molecule has 0 radical (unpaired) electrons. The summed E-state index contributed by atoms with van der Waals surface area (Å²) in [4.78, 5) is 19.5. The number of anilines is 1. The van der Waals surface area contributed by atoms with Gasteiger partial charge in [-0.25, -0.2) is 4.39 Å². The highest BCUT2D eigenvalue weighted by molar-refractivity contribution is 6.36. The highest BCUT2D eigenvalue weighted by atomic mass is 19.1. The van der Waals surface area contributed by atoms with Crippen molar-refractivity contribution in [1.29, 1.82) is 0 Å². The van der Waals surface area contributed by atoms with Crippen LogP contribution in [0.3, 0.4) is 0 Å². The van der Waals surface area contributed by atoms with Gasteiger partial charge in [-0.15, -0.1) is 0 Å². The van der Waals surface area contributed by atoms with E-state index in [0.29, 0.717) is 29.2 Å². The van der Waals surface area contributed by atoms with Gasteiger partial charge in [0.1, 0.15) is 18.2 Å². The van der Waals surface area contributed by atoms with Gasteiger partial charge in [-0.2, -0.15) is 0 Å². The Hall–Kier alpha value is -2.77. The fraction of sp³-hybridized carbons (Fsp3) is 0.300. The number of ether oxygens (including phenoxy) is 2. The number of carbonyl (C=O) groups excluding carboxylic acids is 1. The Kier molecular flexibility index (Phi) is 3.91. The number of fused-ring (bicyclic) bond motifs is 2. The van der Waals surface area contributed by atoms with Gasteiger partial charge in [0.05, 0.1) is 30.2 Å². The maximum atomic E-state index is 13.7. The van der Waals surface area contributed by atoms with Crippen LogP contribution in [0.5, 0.6) is 0 Å². The smallest absolute Gasteiger partial charge is 0.260 e. The number of aromatic nitrogens is 1. The first kappa shape index (κ1) is 16.4. The molecule has 1 fully saturated rings. The van der Waals surface area contributed by atoms with E-state index in [-0.39, 0.29) is 11.7 Å². The standard InChI is InChI=1S/C20H18FN3O3/c21-12-1-4-16-15(9-12)18(20(25)23-16)19-14-3-2-13(22-17(14)11-27-19)10-24-5-7-26-8-6-24/h1-4,9H,5-8,10-11H2,(H,23,25)/b19-18-. The number of benzene rings is 1. The number of hydrogen-bond acceptors (Lipinski definition) is 5. The second-order valence-corrected chi connectivity index (χ2v) is 6.82. The molecular weight excluding hydrogens is 349 g/mol. The van der Waals surface area contributed by atoms with Crippen LogP contribution in [0.1, 0.15) is 22.5 Å². The van der Waals surface area contributed by atoms with Crippen molar-refractivity contribution < 1.29 is 18.7 Å². The van der Waals surface area contributed by atoms with Gasteiger partial charge >= 0.3 is 0 Å². The molecule has 0 aliphatic carbocycles. The van der Waals surface area contributed by atoms with Crippen LogP contribution >= 0.6 is 0 Å². The summed E-state index contributed by atoms with van der Waals surface area (Å²) >= 11 is 0. The molecule has 7 heteroatoms. The summed E-state index contributed by atoms with van der Waals surface area (Å²) in [7, 11) is 0. The Bertz CT molecular complexity index is 967. The first-order valence-electron chi connectivity index (χ1n) is 8.96. The summed E-state index contributed by atoms with van der Waals surface area (Å²) in [5, 5.41) is 2.77. The predicted octanol–water partition coefficient (Wildman–Crippen LogP) is 2.40. The molecule has 4 heterocycles.